The van der Waals surface area contributed by atoms with Gasteiger partial charge in [0, 0.05) is 5.70 Å². The minimum Gasteiger partial charge on any atom is -0.401 e. The van der Waals surface area contributed by atoms with E-state index in [1.807, 2.05) is 0 Å². The molecular formula is C13H11N5O2. The van der Waals surface area contributed by atoms with Crippen molar-refractivity contribution in [2.75, 3.05) is 0 Å². The zero-order valence-corrected chi connectivity index (χ0v) is 10.7. The van der Waals surface area contributed by atoms with E-state index in [0.717, 1.165) is 4.68 Å². The highest BCUT2D eigenvalue weighted by Gasteiger charge is 2.14. The second kappa shape index (κ2) is 5.32. The van der Waals surface area contributed by atoms with E-state index in [0.29, 0.717) is 10.9 Å². The van der Waals surface area contributed by atoms with E-state index in [-0.39, 0.29) is 17.8 Å². The van der Waals surface area contributed by atoms with Crippen molar-refractivity contribution in [1.82, 2.24) is 15.0 Å². The molecule has 20 heavy (non-hydrogen) atoms. The normalized spacial score (nSPS) is 11.8. The summed E-state index contributed by atoms with van der Waals surface area (Å²) < 4.78 is 0.922. The molecule has 0 saturated heterocycles. The number of hydrogen-bond donors (Lipinski definition) is 1. The first-order valence-corrected chi connectivity index (χ1v) is 5.76. The molecule has 0 radical (unpaired) electrons. The van der Waals surface area contributed by atoms with E-state index in [9.17, 15) is 9.59 Å². The average Bonchev–Trinajstić information content (AvgIpc) is 2.42. The van der Waals surface area contributed by atoms with Crippen LogP contribution in [0.25, 0.3) is 10.9 Å². The van der Waals surface area contributed by atoms with Crippen LogP contribution in [0, 0.1) is 11.3 Å². The first kappa shape index (κ1) is 13.4. The lowest BCUT2D eigenvalue weighted by Crippen LogP contribution is -2.28. The maximum absolute atomic E-state index is 12.1. The van der Waals surface area contributed by atoms with Crippen LogP contribution in [0.2, 0.25) is 0 Å². The highest BCUT2D eigenvalue weighted by atomic mass is 16.1. The summed E-state index contributed by atoms with van der Waals surface area (Å²) in [5.41, 5.74) is 5.40. The second-order valence-electron chi connectivity index (χ2n) is 4.16. The van der Waals surface area contributed by atoms with Crippen molar-refractivity contribution >= 4 is 16.7 Å². The van der Waals surface area contributed by atoms with E-state index in [1.165, 1.54) is 6.92 Å². The van der Waals surface area contributed by atoms with Gasteiger partial charge < -0.3 is 5.73 Å². The number of nitriles is 1. The Labute approximate surface area is 113 Å². The van der Waals surface area contributed by atoms with E-state index < -0.39 is 11.3 Å². The molecule has 2 N–H and O–H groups in total. The lowest BCUT2D eigenvalue weighted by atomic mass is 10.1. The average molecular weight is 269 g/mol. The minimum absolute atomic E-state index is 0.110. The van der Waals surface area contributed by atoms with Crippen LogP contribution in [0.4, 0.5) is 0 Å². The molecular weight excluding hydrogens is 258 g/mol. The van der Waals surface area contributed by atoms with E-state index >= 15 is 0 Å². The summed E-state index contributed by atoms with van der Waals surface area (Å²) in [4.78, 5) is 24.0. The van der Waals surface area contributed by atoms with Crippen molar-refractivity contribution in [3.05, 3.63) is 45.9 Å². The third kappa shape index (κ3) is 2.40. The van der Waals surface area contributed by atoms with E-state index in [1.54, 1.807) is 30.3 Å². The van der Waals surface area contributed by atoms with Crippen molar-refractivity contribution in [2.24, 2.45) is 5.73 Å². The number of carbonyl (C=O) groups excluding carboxylic acids is 1. The summed E-state index contributed by atoms with van der Waals surface area (Å²) in [6.45, 7) is 1.08. The van der Waals surface area contributed by atoms with Crippen molar-refractivity contribution in [3.8, 4) is 6.07 Å². The number of aromatic nitrogens is 3. The smallest absolute Gasteiger partial charge is 0.278 e. The van der Waals surface area contributed by atoms with E-state index in [2.05, 4.69) is 10.3 Å². The lowest BCUT2D eigenvalue weighted by Gasteiger charge is -2.04. The number of nitrogens with zero attached hydrogens (tertiary/aromatic N) is 4. The zero-order valence-electron chi connectivity index (χ0n) is 10.7. The van der Waals surface area contributed by atoms with Crippen LogP contribution in [-0.4, -0.2) is 20.8 Å². The van der Waals surface area contributed by atoms with Gasteiger partial charge in [0.25, 0.3) is 5.56 Å². The van der Waals surface area contributed by atoms with Crippen LogP contribution in [-0.2, 0) is 11.3 Å². The molecule has 1 aromatic carbocycles. The number of fused-ring (bicyclic) bond motifs is 1. The molecule has 1 heterocycles. The predicted molar refractivity (Wildman–Crippen MR) is 71.3 cm³/mol. The van der Waals surface area contributed by atoms with Crippen LogP contribution in [0.3, 0.4) is 0 Å². The molecule has 0 aliphatic heterocycles. The largest absolute Gasteiger partial charge is 0.401 e. The molecule has 0 fully saturated rings. The van der Waals surface area contributed by atoms with Gasteiger partial charge in [-0.2, -0.15) is 5.26 Å². The number of nitrogens with two attached hydrogens (primary N) is 1. The summed E-state index contributed by atoms with van der Waals surface area (Å²) in [6, 6.07) is 8.41. The Balaban J connectivity index is 2.44. The van der Waals surface area contributed by atoms with Crippen LogP contribution >= 0.6 is 0 Å². The lowest BCUT2D eigenvalue weighted by molar-refractivity contribution is -0.116. The molecule has 0 aliphatic rings. The first-order chi connectivity index (χ1) is 9.54. The maximum atomic E-state index is 12.1. The number of hydrogen-bond acceptors (Lipinski definition) is 6. The standard InChI is InChI=1S/C13H11N5O2/c1-8(15)10(6-14)12(19)7-18-13(20)9-4-2-3-5-11(9)16-17-18/h2-5H,7,15H2,1H3/b10-8-. The number of Topliss-reactive ketones (excluding diaryl/α,β-unsaturated/α-hetero) is 1. The van der Waals surface area contributed by atoms with Gasteiger partial charge in [0.1, 0.15) is 23.7 Å². The van der Waals surface area contributed by atoms with Gasteiger partial charge in [0.15, 0.2) is 5.78 Å². The second-order valence-corrected chi connectivity index (χ2v) is 4.16. The molecule has 1 aromatic heterocycles. The molecule has 2 rings (SSSR count). The van der Waals surface area contributed by atoms with Gasteiger partial charge >= 0.3 is 0 Å². The fourth-order valence-corrected chi connectivity index (χ4v) is 1.71. The van der Waals surface area contributed by atoms with Crippen LogP contribution in [0.15, 0.2) is 40.3 Å². The predicted octanol–water partition coefficient (Wildman–Crippen LogP) is 0.117. The van der Waals surface area contributed by atoms with Crippen molar-refractivity contribution < 1.29 is 4.79 Å². The third-order valence-corrected chi connectivity index (χ3v) is 2.71. The Morgan fingerprint density at radius 1 is 1.45 bits per heavy atom. The monoisotopic (exact) mass is 269 g/mol. The van der Waals surface area contributed by atoms with Crippen LogP contribution in [0.5, 0.6) is 0 Å². The Bertz CT molecular complexity index is 809. The SMILES string of the molecule is C/C(N)=C(\C#N)C(=O)Cn1nnc2ccccc2c1=O. The fourth-order valence-electron chi connectivity index (χ4n) is 1.71. The number of ketones is 1. The molecule has 0 aliphatic carbocycles. The number of allylic oxidation sites excluding steroid dienone is 2. The van der Waals surface area contributed by atoms with Gasteiger partial charge in [0.05, 0.1) is 5.39 Å². The zero-order chi connectivity index (χ0) is 14.7. The number of rotatable bonds is 3. The van der Waals surface area contributed by atoms with Gasteiger partial charge in [-0.25, -0.2) is 4.68 Å². The molecule has 2 aromatic rings. The molecule has 100 valence electrons. The number of carbonyl (C=O) groups is 1. The van der Waals surface area contributed by atoms with Crippen LogP contribution in [0.1, 0.15) is 6.92 Å². The van der Waals surface area contributed by atoms with Gasteiger partial charge in [0.2, 0.25) is 0 Å². The Morgan fingerprint density at radius 3 is 2.80 bits per heavy atom. The topological polar surface area (TPSA) is 115 Å². The molecule has 0 atom stereocenters. The summed E-state index contributed by atoms with van der Waals surface area (Å²) in [5.74, 6) is -0.570. The summed E-state index contributed by atoms with van der Waals surface area (Å²) >= 11 is 0. The summed E-state index contributed by atoms with van der Waals surface area (Å²) in [7, 11) is 0. The molecule has 7 nitrogen and oxygen atoms in total. The number of benzene rings is 1. The molecule has 0 unspecified atom stereocenters. The van der Waals surface area contributed by atoms with Crippen molar-refractivity contribution in [2.45, 2.75) is 13.5 Å². The van der Waals surface area contributed by atoms with E-state index in [4.69, 9.17) is 11.0 Å². The quantitative estimate of drug-likeness (QED) is 0.625. The summed E-state index contributed by atoms with van der Waals surface area (Å²) in [6.07, 6.45) is 0. The van der Waals surface area contributed by atoms with Gasteiger partial charge in [-0.05, 0) is 19.1 Å². The molecule has 0 bridgehead atoms. The molecule has 0 spiro atoms. The summed E-state index contributed by atoms with van der Waals surface area (Å²) in [5, 5.41) is 16.8. The molecule has 0 amide bonds. The van der Waals surface area contributed by atoms with Crippen LogP contribution < -0.4 is 11.3 Å². The van der Waals surface area contributed by atoms with Crippen molar-refractivity contribution in [1.29, 1.82) is 5.26 Å². The van der Waals surface area contributed by atoms with Gasteiger partial charge in [-0.15, -0.1) is 5.10 Å². The highest BCUT2D eigenvalue weighted by molar-refractivity contribution is 5.99. The molecule has 0 saturated carbocycles. The van der Waals surface area contributed by atoms with Gasteiger partial charge in [-0.1, -0.05) is 17.3 Å². The third-order valence-electron chi connectivity index (χ3n) is 2.71. The highest BCUT2D eigenvalue weighted by Crippen LogP contribution is 2.04. The Morgan fingerprint density at radius 2 is 2.15 bits per heavy atom. The fraction of sp³-hybridized carbons (Fsp3) is 0.154. The van der Waals surface area contributed by atoms with Crippen molar-refractivity contribution in [3.63, 3.8) is 0 Å². The Kier molecular flexibility index (Phi) is 3.57. The maximum Gasteiger partial charge on any atom is 0.278 e. The first-order valence-electron chi connectivity index (χ1n) is 5.76. The molecule has 7 heteroatoms. The Hall–Kier alpha value is -3.01. The van der Waals surface area contributed by atoms with Gasteiger partial charge in [-0.3, -0.25) is 9.59 Å². The minimum atomic E-state index is -0.570.